The van der Waals surface area contributed by atoms with E-state index in [0.29, 0.717) is 27.9 Å². The van der Waals surface area contributed by atoms with Gasteiger partial charge < -0.3 is 10.7 Å². The second-order valence-corrected chi connectivity index (χ2v) is 7.96. The van der Waals surface area contributed by atoms with E-state index in [4.69, 9.17) is 5.73 Å². The van der Waals surface area contributed by atoms with E-state index in [9.17, 15) is 13.2 Å². The van der Waals surface area contributed by atoms with Crippen molar-refractivity contribution in [2.75, 3.05) is 6.26 Å². The molecule has 0 spiro atoms. The maximum absolute atomic E-state index is 11.9. The first-order valence-electron chi connectivity index (χ1n) is 7.57. The molecule has 132 valence electrons. The first-order chi connectivity index (χ1) is 12.3. The van der Waals surface area contributed by atoms with Crippen LogP contribution in [-0.2, 0) is 16.9 Å². The number of primary amides is 1. The normalized spacial score (nSPS) is 12.1. The number of carbonyl (C=O) groups excluding carboxylic acids is 1. The Morgan fingerprint density at radius 2 is 2.08 bits per heavy atom. The van der Waals surface area contributed by atoms with Crippen molar-refractivity contribution >= 4 is 37.8 Å². The summed E-state index contributed by atoms with van der Waals surface area (Å²) < 4.78 is 25.4. The number of nitrogens with two attached hydrogens (primary N) is 1. The predicted molar refractivity (Wildman–Crippen MR) is 95.2 cm³/mol. The highest BCUT2D eigenvalue weighted by molar-refractivity contribution is 7.90. The number of carbonyl (C=O) groups is 1. The summed E-state index contributed by atoms with van der Waals surface area (Å²) in [4.78, 5) is 23.3. The SMILES string of the molecule is Cn1nc(-c2cnc3[nH]cc(C(N)=O)c3n2)c2cc(S(C)(=O)=O)ccc21. The van der Waals surface area contributed by atoms with Crippen LogP contribution >= 0.6 is 0 Å². The van der Waals surface area contributed by atoms with Crippen molar-refractivity contribution < 1.29 is 13.2 Å². The van der Waals surface area contributed by atoms with Gasteiger partial charge in [-0.3, -0.25) is 9.48 Å². The van der Waals surface area contributed by atoms with E-state index in [1.807, 2.05) is 0 Å². The topological polar surface area (TPSA) is 137 Å². The smallest absolute Gasteiger partial charge is 0.252 e. The zero-order chi connectivity index (χ0) is 18.6. The number of aromatic nitrogens is 5. The second kappa shape index (κ2) is 5.36. The van der Waals surface area contributed by atoms with Crippen LogP contribution in [0.3, 0.4) is 0 Å². The third-order valence-electron chi connectivity index (χ3n) is 4.14. The van der Waals surface area contributed by atoms with Crippen molar-refractivity contribution in [3.8, 4) is 11.4 Å². The minimum absolute atomic E-state index is 0.188. The summed E-state index contributed by atoms with van der Waals surface area (Å²) in [6.07, 6.45) is 4.11. The number of hydrogen-bond donors (Lipinski definition) is 2. The second-order valence-electron chi connectivity index (χ2n) is 5.94. The lowest BCUT2D eigenvalue weighted by Crippen LogP contribution is -2.10. The molecule has 1 amide bonds. The van der Waals surface area contributed by atoms with Gasteiger partial charge in [-0.25, -0.2) is 18.4 Å². The Labute approximate surface area is 147 Å². The molecule has 0 radical (unpaired) electrons. The summed E-state index contributed by atoms with van der Waals surface area (Å²) in [6, 6.07) is 4.79. The first-order valence-corrected chi connectivity index (χ1v) is 9.46. The Morgan fingerprint density at radius 1 is 1.31 bits per heavy atom. The van der Waals surface area contributed by atoms with Gasteiger partial charge in [0.05, 0.1) is 22.2 Å². The third kappa shape index (κ3) is 2.42. The zero-order valence-electron chi connectivity index (χ0n) is 13.9. The van der Waals surface area contributed by atoms with Gasteiger partial charge in [-0.05, 0) is 18.2 Å². The Bertz CT molecular complexity index is 1300. The summed E-state index contributed by atoms with van der Waals surface area (Å²) in [5.74, 6) is -0.618. The van der Waals surface area contributed by atoms with Gasteiger partial charge in [0, 0.05) is 24.9 Å². The number of sulfone groups is 1. The molecule has 3 heterocycles. The number of H-pyrrole nitrogens is 1. The molecule has 0 aliphatic rings. The highest BCUT2D eigenvalue weighted by Gasteiger charge is 2.18. The van der Waals surface area contributed by atoms with Gasteiger partial charge in [-0.2, -0.15) is 5.10 Å². The quantitative estimate of drug-likeness (QED) is 0.552. The van der Waals surface area contributed by atoms with E-state index in [1.54, 1.807) is 23.9 Å². The predicted octanol–water partition coefficient (Wildman–Crippen LogP) is 1.01. The maximum Gasteiger partial charge on any atom is 0.252 e. The molecule has 3 N–H and O–H groups in total. The molecule has 10 heteroatoms. The van der Waals surface area contributed by atoms with E-state index in [1.165, 1.54) is 18.5 Å². The third-order valence-corrected chi connectivity index (χ3v) is 5.25. The molecule has 0 bridgehead atoms. The molecule has 4 aromatic rings. The molecular weight excluding hydrogens is 356 g/mol. The number of benzene rings is 1. The fourth-order valence-electron chi connectivity index (χ4n) is 2.86. The van der Waals surface area contributed by atoms with E-state index in [2.05, 4.69) is 20.1 Å². The van der Waals surface area contributed by atoms with Gasteiger partial charge in [0.15, 0.2) is 15.5 Å². The lowest BCUT2D eigenvalue weighted by atomic mass is 10.1. The molecule has 4 rings (SSSR count). The molecule has 0 atom stereocenters. The van der Waals surface area contributed by atoms with E-state index < -0.39 is 15.7 Å². The van der Waals surface area contributed by atoms with Crippen LogP contribution < -0.4 is 5.73 Å². The summed E-state index contributed by atoms with van der Waals surface area (Å²) in [5, 5.41) is 5.07. The van der Waals surface area contributed by atoms with Gasteiger partial charge in [-0.1, -0.05) is 0 Å². The Kier molecular flexibility index (Phi) is 3.34. The van der Waals surface area contributed by atoms with Crippen LogP contribution in [0.15, 0.2) is 35.5 Å². The van der Waals surface area contributed by atoms with Crippen LogP contribution in [0.2, 0.25) is 0 Å². The van der Waals surface area contributed by atoms with Gasteiger partial charge in [0.1, 0.15) is 16.9 Å². The van der Waals surface area contributed by atoms with Gasteiger partial charge in [-0.15, -0.1) is 0 Å². The molecule has 0 fully saturated rings. The fourth-order valence-corrected chi connectivity index (χ4v) is 3.51. The number of nitrogens with zero attached hydrogens (tertiary/aromatic N) is 4. The van der Waals surface area contributed by atoms with Crippen LogP contribution in [0.25, 0.3) is 33.5 Å². The average Bonchev–Trinajstić information content (AvgIpc) is 3.14. The molecule has 0 saturated carbocycles. The number of fused-ring (bicyclic) bond motifs is 2. The highest BCUT2D eigenvalue weighted by atomic mass is 32.2. The van der Waals surface area contributed by atoms with E-state index in [-0.39, 0.29) is 10.5 Å². The Hall–Kier alpha value is -3.27. The van der Waals surface area contributed by atoms with E-state index >= 15 is 0 Å². The van der Waals surface area contributed by atoms with Crippen LogP contribution in [0.4, 0.5) is 0 Å². The Morgan fingerprint density at radius 3 is 2.77 bits per heavy atom. The lowest BCUT2D eigenvalue weighted by molar-refractivity contribution is 0.100. The fraction of sp³-hybridized carbons (Fsp3) is 0.125. The molecule has 3 aromatic heterocycles. The van der Waals surface area contributed by atoms with Crippen molar-refractivity contribution in [2.24, 2.45) is 12.8 Å². The van der Waals surface area contributed by atoms with Crippen molar-refractivity contribution in [3.05, 3.63) is 36.2 Å². The number of nitrogens with one attached hydrogen (secondary N) is 1. The van der Waals surface area contributed by atoms with E-state index in [0.717, 1.165) is 11.8 Å². The standard InChI is InChI=1S/C16H14N6O3S/c1-22-12-4-3-8(26(2,24)25)5-9(12)13(21-22)11-7-19-16-14(20-11)10(6-18-16)15(17)23/h3-7H,1-2H3,(H2,17,23)(H,18,19). The summed E-state index contributed by atoms with van der Waals surface area (Å²) in [5.41, 5.74) is 7.99. The number of hydrogen-bond acceptors (Lipinski definition) is 6. The lowest BCUT2D eigenvalue weighted by Gasteiger charge is -2.01. The van der Waals surface area contributed by atoms with Gasteiger partial charge in [0.2, 0.25) is 0 Å². The van der Waals surface area contributed by atoms with Crippen LogP contribution in [0, 0.1) is 0 Å². The molecule has 0 aliphatic carbocycles. The molecule has 1 aromatic carbocycles. The molecule has 0 saturated heterocycles. The minimum atomic E-state index is -3.37. The zero-order valence-corrected chi connectivity index (χ0v) is 14.7. The number of aryl methyl sites for hydroxylation is 1. The summed E-state index contributed by atoms with van der Waals surface area (Å²) >= 11 is 0. The first kappa shape index (κ1) is 16.2. The molecule has 26 heavy (non-hydrogen) atoms. The van der Waals surface area contributed by atoms with Crippen molar-refractivity contribution in [1.29, 1.82) is 0 Å². The molecule has 0 unspecified atom stereocenters. The monoisotopic (exact) mass is 370 g/mol. The van der Waals surface area contributed by atoms with Gasteiger partial charge >= 0.3 is 0 Å². The molecule has 0 aliphatic heterocycles. The average molecular weight is 370 g/mol. The van der Waals surface area contributed by atoms with Gasteiger partial charge in [0.25, 0.3) is 5.91 Å². The van der Waals surface area contributed by atoms with Crippen LogP contribution in [0.1, 0.15) is 10.4 Å². The Balaban J connectivity index is 2.00. The van der Waals surface area contributed by atoms with Crippen molar-refractivity contribution in [2.45, 2.75) is 4.90 Å². The van der Waals surface area contributed by atoms with Crippen molar-refractivity contribution in [1.82, 2.24) is 24.7 Å². The van der Waals surface area contributed by atoms with Crippen LogP contribution in [-0.4, -0.2) is 45.3 Å². The number of aromatic amines is 1. The largest absolute Gasteiger partial charge is 0.365 e. The minimum Gasteiger partial charge on any atom is -0.365 e. The summed E-state index contributed by atoms with van der Waals surface area (Å²) in [6.45, 7) is 0. The van der Waals surface area contributed by atoms with Crippen molar-refractivity contribution in [3.63, 3.8) is 0 Å². The maximum atomic E-state index is 11.9. The number of amides is 1. The number of rotatable bonds is 3. The molecular formula is C16H14N6O3S. The van der Waals surface area contributed by atoms with Crippen LogP contribution in [0.5, 0.6) is 0 Å². The highest BCUT2D eigenvalue weighted by Crippen LogP contribution is 2.29. The molecule has 9 nitrogen and oxygen atoms in total. The summed E-state index contributed by atoms with van der Waals surface area (Å²) in [7, 11) is -1.61.